The zero-order chi connectivity index (χ0) is 25.5. The standard InChI is InChI=1S/C29H28N2O4S/c1-21-11-12-26(19-22(21)2)31-36(33,34)28-15-13-25(14-16-28)30-29(32)24-9-6-10-27(20-24)35-18-17-23-7-4-3-5-8-23/h3-16,19-20,31H,17-18H2,1-2H3,(H,30,32). The van der Waals surface area contributed by atoms with Gasteiger partial charge in [-0.15, -0.1) is 0 Å². The molecule has 4 rings (SSSR count). The normalized spacial score (nSPS) is 11.1. The molecule has 0 aliphatic rings. The predicted octanol–water partition coefficient (Wildman–Crippen LogP) is 5.98. The maximum Gasteiger partial charge on any atom is 0.261 e. The summed E-state index contributed by atoms with van der Waals surface area (Å²) in [6.07, 6.45) is 0.769. The van der Waals surface area contributed by atoms with Crippen molar-refractivity contribution in [1.29, 1.82) is 0 Å². The van der Waals surface area contributed by atoms with E-state index >= 15 is 0 Å². The predicted molar refractivity (Wildman–Crippen MR) is 143 cm³/mol. The van der Waals surface area contributed by atoms with Gasteiger partial charge in [-0.2, -0.15) is 0 Å². The van der Waals surface area contributed by atoms with Crippen molar-refractivity contribution < 1.29 is 17.9 Å². The Morgan fingerprint density at radius 1 is 0.778 bits per heavy atom. The molecule has 184 valence electrons. The van der Waals surface area contributed by atoms with E-state index in [4.69, 9.17) is 4.74 Å². The monoisotopic (exact) mass is 500 g/mol. The Labute approximate surface area is 212 Å². The van der Waals surface area contributed by atoms with E-state index in [1.165, 1.54) is 17.7 Å². The summed E-state index contributed by atoms with van der Waals surface area (Å²) in [7, 11) is -3.75. The molecular formula is C29H28N2O4S. The molecule has 0 unspecified atom stereocenters. The first-order chi connectivity index (χ1) is 17.3. The molecule has 0 atom stereocenters. The van der Waals surface area contributed by atoms with E-state index in [9.17, 15) is 13.2 Å². The van der Waals surface area contributed by atoms with Crippen molar-refractivity contribution in [3.05, 3.63) is 119 Å². The lowest BCUT2D eigenvalue weighted by Crippen LogP contribution is -2.14. The average molecular weight is 501 g/mol. The number of rotatable bonds is 9. The van der Waals surface area contributed by atoms with Crippen molar-refractivity contribution in [3.8, 4) is 5.75 Å². The second-order valence-corrected chi connectivity index (χ2v) is 10.2. The van der Waals surface area contributed by atoms with Crippen LogP contribution >= 0.6 is 0 Å². The highest BCUT2D eigenvalue weighted by atomic mass is 32.2. The minimum atomic E-state index is -3.75. The zero-order valence-electron chi connectivity index (χ0n) is 20.2. The van der Waals surface area contributed by atoms with Gasteiger partial charge in [-0.25, -0.2) is 8.42 Å². The van der Waals surface area contributed by atoms with Gasteiger partial charge in [-0.3, -0.25) is 9.52 Å². The van der Waals surface area contributed by atoms with Gasteiger partial charge in [-0.1, -0.05) is 42.5 Å². The highest BCUT2D eigenvalue weighted by Gasteiger charge is 2.15. The molecule has 0 saturated heterocycles. The number of ether oxygens (including phenoxy) is 1. The molecule has 36 heavy (non-hydrogen) atoms. The van der Waals surface area contributed by atoms with Crippen molar-refractivity contribution in [2.24, 2.45) is 0 Å². The average Bonchev–Trinajstić information content (AvgIpc) is 2.87. The van der Waals surface area contributed by atoms with Crippen LogP contribution < -0.4 is 14.8 Å². The number of benzene rings is 4. The Bertz CT molecular complexity index is 1450. The molecule has 4 aromatic rings. The van der Waals surface area contributed by atoms with Crippen molar-refractivity contribution in [2.45, 2.75) is 25.2 Å². The number of carbonyl (C=O) groups is 1. The second-order valence-electron chi connectivity index (χ2n) is 8.49. The molecule has 0 heterocycles. The molecule has 0 aliphatic carbocycles. The first-order valence-electron chi connectivity index (χ1n) is 11.6. The van der Waals surface area contributed by atoms with Crippen LogP contribution in [0.5, 0.6) is 5.75 Å². The van der Waals surface area contributed by atoms with Crippen LogP contribution in [0.15, 0.2) is 102 Å². The summed E-state index contributed by atoms with van der Waals surface area (Å²) < 4.78 is 33.9. The highest BCUT2D eigenvalue weighted by molar-refractivity contribution is 7.92. The third-order valence-electron chi connectivity index (χ3n) is 5.78. The summed E-state index contributed by atoms with van der Waals surface area (Å²) in [5.74, 6) is 0.296. The smallest absolute Gasteiger partial charge is 0.261 e. The zero-order valence-corrected chi connectivity index (χ0v) is 21.0. The summed E-state index contributed by atoms with van der Waals surface area (Å²) in [6, 6.07) is 28.4. The van der Waals surface area contributed by atoms with E-state index in [-0.39, 0.29) is 10.8 Å². The first-order valence-corrected chi connectivity index (χ1v) is 13.1. The lowest BCUT2D eigenvalue weighted by atomic mass is 10.1. The Balaban J connectivity index is 1.36. The molecule has 1 amide bonds. The van der Waals surface area contributed by atoms with Crippen LogP contribution in [0.25, 0.3) is 0 Å². The summed E-state index contributed by atoms with van der Waals surface area (Å²) >= 11 is 0. The minimum Gasteiger partial charge on any atom is -0.493 e. The maximum atomic E-state index is 12.8. The number of anilines is 2. The van der Waals surface area contributed by atoms with Gasteiger partial charge in [0.25, 0.3) is 15.9 Å². The number of nitrogens with one attached hydrogen (secondary N) is 2. The van der Waals surface area contributed by atoms with Crippen LogP contribution in [0.2, 0.25) is 0 Å². The molecule has 0 bridgehead atoms. The van der Waals surface area contributed by atoms with Gasteiger partial charge >= 0.3 is 0 Å². The molecule has 0 spiro atoms. The third-order valence-corrected chi connectivity index (χ3v) is 7.18. The number of sulfonamides is 1. The van der Waals surface area contributed by atoms with Gasteiger partial charge in [0.1, 0.15) is 5.75 Å². The first kappa shape index (κ1) is 25.0. The lowest BCUT2D eigenvalue weighted by molar-refractivity contribution is 0.102. The van der Waals surface area contributed by atoms with Crippen LogP contribution in [0.1, 0.15) is 27.0 Å². The van der Waals surface area contributed by atoms with Gasteiger partial charge in [0.05, 0.1) is 11.5 Å². The number of hydrogen-bond donors (Lipinski definition) is 2. The summed E-state index contributed by atoms with van der Waals surface area (Å²) in [5.41, 5.74) is 4.70. The molecule has 0 radical (unpaired) electrons. The maximum absolute atomic E-state index is 12.8. The van der Waals surface area contributed by atoms with Crippen LogP contribution in [0, 0.1) is 13.8 Å². The highest BCUT2D eigenvalue weighted by Crippen LogP contribution is 2.21. The second kappa shape index (κ2) is 11.1. The van der Waals surface area contributed by atoms with Crippen LogP contribution in [0.4, 0.5) is 11.4 Å². The molecule has 0 aliphatic heterocycles. The SMILES string of the molecule is Cc1ccc(NS(=O)(=O)c2ccc(NC(=O)c3cccc(OCCc4ccccc4)c3)cc2)cc1C. The molecule has 7 heteroatoms. The van der Waals surface area contributed by atoms with Crippen molar-refractivity contribution in [1.82, 2.24) is 0 Å². The van der Waals surface area contributed by atoms with E-state index in [1.54, 1.807) is 42.5 Å². The summed E-state index contributed by atoms with van der Waals surface area (Å²) in [4.78, 5) is 12.9. The number of aryl methyl sites for hydroxylation is 2. The molecule has 6 nitrogen and oxygen atoms in total. The molecule has 0 fully saturated rings. The fourth-order valence-electron chi connectivity index (χ4n) is 3.60. The minimum absolute atomic E-state index is 0.104. The molecule has 4 aromatic carbocycles. The summed E-state index contributed by atoms with van der Waals surface area (Å²) in [5, 5.41) is 2.80. The summed E-state index contributed by atoms with van der Waals surface area (Å²) in [6.45, 7) is 4.40. The van der Waals surface area contributed by atoms with Gasteiger partial charge in [-0.05, 0) is 85.1 Å². The Hall–Kier alpha value is -4.10. The largest absolute Gasteiger partial charge is 0.493 e. The lowest BCUT2D eigenvalue weighted by Gasteiger charge is -2.11. The van der Waals surface area contributed by atoms with Gasteiger partial charge in [0.15, 0.2) is 0 Å². The van der Waals surface area contributed by atoms with Gasteiger partial charge in [0.2, 0.25) is 0 Å². The Morgan fingerprint density at radius 3 is 2.22 bits per heavy atom. The number of hydrogen-bond acceptors (Lipinski definition) is 4. The van der Waals surface area contributed by atoms with Crippen molar-refractivity contribution in [3.63, 3.8) is 0 Å². The fraction of sp³-hybridized carbons (Fsp3) is 0.138. The Morgan fingerprint density at radius 2 is 1.50 bits per heavy atom. The van der Waals surface area contributed by atoms with E-state index in [0.717, 1.165) is 17.5 Å². The number of amides is 1. The van der Waals surface area contributed by atoms with Crippen molar-refractivity contribution in [2.75, 3.05) is 16.6 Å². The molecular weight excluding hydrogens is 472 g/mol. The van der Waals surface area contributed by atoms with E-state index in [1.807, 2.05) is 56.3 Å². The van der Waals surface area contributed by atoms with E-state index in [0.29, 0.717) is 29.3 Å². The third kappa shape index (κ3) is 6.52. The molecule has 2 N–H and O–H groups in total. The van der Waals surface area contributed by atoms with Crippen LogP contribution in [-0.4, -0.2) is 20.9 Å². The van der Waals surface area contributed by atoms with Crippen LogP contribution in [0.3, 0.4) is 0 Å². The van der Waals surface area contributed by atoms with E-state index < -0.39 is 10.0 Å². The van der Waals surface area contributed by atoms with Gasteiger partial charge < -0.3 is 10.1 Å². The topological polar surface area (TPSA) is 84.5 Å². The van der Waals surface area contributed by atoms with Crippen molar-refractivity contribution >= 4 is 27.3 Å². The van der Waals surface area contributed by atoms with Crippen LogP contribution in [-0.2, 0) is 16.4 Å². The quantitative estimate of drug-likeness (QED) is 0.296. The Kier molecular flexibility index (Phi) is 7.71. The number of carbonyl (C=O) groups excluding carboxylic acids is 1. The van der Waals surface area contributed by atoms with Gasteiger partial charge in [0, 0.05) is 23.4 Å². The van der Waals surface area contributed by atoms with E-state index in [2.05, 4.69) is 10.0 Å². The fourth-order valence-corrected chi connectivity index (χ4v) is 4.65. The molecule has 0 saturated carbocycles. The molecule has 0 aromatic heterocycles.